The van der Waals surface area contributed by atoms with Gasteiger partial charge in [-0.1, -0.05) is 12.1 Å². The number of aromatic amines is 2. The van der Waals surface area contributed by atoms with Gasteiger partial charge in [-0.2, -0.15) is 0 Å². The van der Waals surface area contributed by atoms with E-state index in [0.717, 1.165) is 11.3 Å². The number of aromatic nitrogens is 2. The zero-order chi connectivity index (χ0) is 20.8. The molecule has 2 aliphatic rings. The lowest BCUT2D eigenvalue weighted by Crippen LogP contribution is -2.31. The molecule has 1 aliphatic heterocycles. The van der Waals surface area contributed by atoms with Crippen LogP contribution in [0.5, 0.6) is 11.5 Å². The van der Waals surface area contributed by atoms with Crippen LogP contribution < -0.4 is 20.3 Å². The van der Waals surface area contributed by atoms with Gasteiger partial charge in [0.15, 0.2) is 5.78 Å². The third-order valence-electron chi connectivity index (χ3n) is 5.87. The minimum absolute atomic E-state index is 0.0521. The first-order valence-corrected chi connectivity index (χ1v) is 10.6. The molecule has 3 aromatic rings. The molecule has 3 heterocycles. The number of benzene rings is 1. The highest BCUT2D eigenvalue weighted by atomic mass is 32.1. The van der Waals surface area contributed by atoms with Crippen LogP contribution >= 0.6 is 11.3 Å². The average Bonchev–Trinajstić information content (AvgIpc) is 3.42. The number of Topliss-reactive ketones (excluding diaryl/α,β-unsaturated/α-hetero) is 1. The van der Waals surface area contributed by atoms with Gasteiger partial charge < -0.3 is 14.8 Å². The van der Waals surface area contributed by atoms with E-state index in [2.05, 4.69) is 21.6 Å². The monoisotopic (exact) mass is 423 g/mol. The molecule has 7 nitrogen and oxygen atoms in total. The maximum absolute atomic E-state index is 13.4. The van der Waals surface area contributed by atoms with E-state index in [-0.39, 0.29) is 17.3 Å². The lowest BCUT2D eigenvalue weighted by molar-refractivity contribution is -0.116. The third-order valence-corrected chi connectivity index (χ3v) is 6.91. The molecule has 2 aromatic heterocycles. The SMILES string of the molecule is COc1ccc([C@@H]2C3=C(C[C@@H](c4cccs4)CC3=O)Nc3[nH][nH]c(=O)c32)c(OC)c1. The van der Waals surface area contributed by atoms with E-state index in [9.17, 15) is 9.59 Å². The van der Waals surface area contributed by atoms with Crippen LogP contribution in [0.1, 0.15) is 40.7 Å². The number of anilines is 1. The summed E-state index contributed by atoms with van der Waals surface area (Å²) in [5.74, 6) is 1.50. The Labute approximate surface area is 176 Å². The van der Waals surface area contributed by atoms with E-state index in [1.165, 1.54) is 4.88 Å². The zero-order valence-corrected chi connectivity index (χ0v) is 17.4. The van der Waals surface area contributed by atoms with Crippen LogP contribution in [0.3, 0.4) is 0 Å². The lowest BCUT2D eigenvalue weighted by atomic mass is 9.73. The zero-order valence-electron chi connectivity index (χ0n) is 16.6. The van der Waals surface area contributed by atoms with Crippen LogP contribution in [0, 0.1) is 0 Å². The van der Waals surface area contributed by atoms with Crippen molar-refractivity contribution < 1.29 is 14.3 Å². The quantitative estimate of drug-likeness (QED) is 0.594. The Morgan fingerprint density at radius 2 is 1.93 bits per heavy atom. The third kappa shape index (κ3) is 2.87. The van der Waals surface area contributed by atoms with Crippen molar-refractivity contribution in [2.75, 3.05) is 19.5 Å². The van der Waals surface area contributed by atoms with E-state index in [1.807, 2.05) is 23.6 Å². The smallest absolute Gasteiger partial charge is 0.270 e. The minimum Gasteiger partial charge on any atom is -0.497 e. The maximum Gasteiger partial charge on any atom is 0.270 e. The molecular formula is C22H21N3O4S. The summed E-state index contributed by atoms with van der Waals surface area (Å²) in [4.78, 5) is 27.3. The van der Waals surface area contributed by atoms with Crippen molar-refractivity contribution >= 4 is 22.9 Å². The van der Waals surface area contributed by atoms with Crippen molar-refractivity contribution in [1.29, 1.82) is 0 Å². The number of H-pyrrole nitrogens is 2. The van der Waals surface area contributed by atoms with Crippen LogP contribution in [0.15, 0.2) is 51.8 Å². The molecule has 0 spiro atoms. The molecule has 3 N–H and O–H groups in total. The van der Waals surface area contributed by atoms with Gasteiger partial charge in [0.2, 0.25) is 0 Å². The summed E-state index contributed by atoms with van der Waals surface area (Å²) < 4.78 is 10.9. The van der Waals surface area contributed by atoms with Gasteiger partial charge in [0.1, 0.15) is 17.3 Å². The number of nitrogens with one attached hydrogen (secondary N) is 3. The minimum atomic E-state index is -0.510. The number of hydrogen-bond donors (Lipinski definition) is 3. The van der Waals surface area contributed by atoms with Crippen LogP contribution in [0.25, 0.3) is 0 Å². The summed E-state index contributed by atoms with van der Waals surface area (Å²) in [7, 11) is 3.16. The van der Waals surface area contributed by atoms with Crippen LogP contribution in [-0.2, 0) is 4.79 Å². The maximum atomic E-state index is 13.4. The van der Waals surface area contributed by atoms with Gasteiger partial charge >= 0.3 is 0 Å². The van der Waals surface area contributed by atoms with Crippen molar-refractivity contribution in [3.8, 4) is 11.5 Å². The fourth-order valence-electron chi connectivity index (χ4n) is 4.51. The molecule has 0 fully saturated rings. The van der Waals surface area contributed by atoms with Crippen molar-refractivity contribution in [3.63, 3.8) is 0 Å². The van der Waals surface area contributed by atoms with Crippen molar-refractivity contribution in [2.24, 2.45) is 0 Å². The second kappa shape index (κ2) is 7.21. The molecule has 1 aromatic carbocycles. The van der Waals surface area contributed by atoms with Crippen LogP contribution in [-0.4, -0.2) is 30.2 Å². The van der Waals surface area contributed by atoms with E-state index >= 15 is 0 Å². The summed E-state index contributed by atoms with van der Waals surface area (Å²) in [5.41, 5.74) is 2.51. The molecular weight excluding hydrogens is 402 g/mol. The van der Waals surface area contributed by atoms with Gasteiger partial charge in [-0.3, -0.25) is 19.8 Å². The number of thiophene rings is 1. The molecule has 0 unspecified atom stereocenters. The first-order chi connectivity index (χ1) is 14.6. The Bertz CT molecular complexity index is 1210. The molecule has 0 saturated heterocycles. The number of ketones is 1. The fourth-order valence-corrected chi connectivity index (χ4v) is 5.34. The second-order valence-corrected chi connectivity index (χ2v) is 8.45. The molecule has 0 amide bonds. The number of ether oxygens (including phenoxy) is 2. The van der Waals surface area contributed by atoms with Gasteiger partial charge in [-0.25, -0.2) is 0 Å². The Hall–Kier alpha value is -3.26. The number of carbonyl (C=O) groups is 1. The largest absolute Gasteiger partial charge is 0.497 e. The molecule has 5 rings (SSSR count). The molecule has 1 aliphatic carbocycles. The number of rotatable bonds is 4. The summed E-state index contributed by atoms with van der Waals surface area (Å²) in [6, 6.07) is 9.55. The molecule has 154 valence electrons. The number of fused-ring (bicyclic) bond motifs is 1. The van der Waals surface area contributed by atoms with Gasteiger partial charge in [0.25, 0.3) is 5.56 Å². The number of allylic oxidation sites excluding steroid dienone is 2. The van der Waals surface area contributed by atoms with Gasteiger partial charge in [-0.15, -0.1) is 11.3 Å². The summed E-state index contributed by atoms with van der Waals surface area (Å²) in [6.07, 6.45) is 1.14. The molecule has 0 radical (unpaired) electrons. The topological polar surface area (TPSA) is 96.2 Å². The molecule has 30 heavy (non-hydrogen) atoms. The normalized spacial score (nSPS) is 20.4. The summed E-state index contributed by atoms with van der Waals surface area (Å²) >= 11 is 1.67. The number of methoxy groups -OCH3 is 2. The fraction of sp³-hybridized carbons (Fsp3) is 0.273. The van der Waals surface area contributed by atoms with Gasteiger partial charge in [0, 0.05) is 40.1 Å². The predicted molar refractivity (Wildman–Crippen MR) is 115 cm³/mol. The highest BCUT2D eigenvalue weighted by molar-refractivity contribution is 7.10. The first kappa shape index (κ1) is 18.7. The summed E-state index contributed by atoms with van der Waals surface area (Å²) in [5, 5.41) is 10.9. The first-order valence-electron chi connectivity index (χ1n) is 9.69. The second-order valence-electron chi connectivity index (χ2n) is 7.47. The van der Waals surface area contributed by atoms with Crippen LogP contribution in [0.2, 0.25) is 0 Å². The highest BCUT2D eigenvalue weighted by Crippen LogP contribution is 2.49. The highest BCUT2D eigenvalue weighted by Gasteiger charge is 2.41. The van der Waals surface area contributed by atoms with E-state index < -0.39 is 5.92 Å². The molecule has 0 bridgehead atoms. The predicted octanol–water partition coefficient (Wildman–Crippen LogP) is 3.74. The Morgan fingerprint density at radius 3 is 2.67 bits per heavy atom. The number of hydrogen-bond acceptors (Lipinski definition) is 6. The van der Waals surface area contributed by atoms with E-state index in [0.29, 0.717) is 41.3 Å². The molecule has 8 heteroatoms. The Morgan fingerprint density at radius 1 is 1.07 bits per heavy atom. The molecule has 2 atom stereocenters. The standard InChI is InChI=1S/C22H21N3O4S/c1-28-12-5-6-13(16(10-12)29-2)18-19-14(23-21-20(18)22(27)25-24-21)8-11(9-15(19)26)17-4-3-7-30-17/h3-7,10-11,18H,8-9H2,1-2H3,(H3,23,24,25,27)/t11-,18-/m1/s1. The van der Waals surface area contributed by atoms with Crippen molar-refractivity contribution in [1.82, 2.24) is 10.2 Å². The summed E-state index contributed by atoms with van der Waals surface area (Å²) in [6.45, 7) is 0. The number of carbonyl (C=O) groups excluding carboxylic acids is 1. The van der Waals surface area contributed by atoms with Crippen molar-refractivity contribution in [3.05, 3.63) is 73.3 Å². The Kier molecular flexibility index (Phi) is 4.51. The van der Waals surface area contributed by atoms with Crippen molar-refractivity contribution in [2.45, 2.75) is 24.7 Å². The van der Waals surface area contributed by atoms with Gasteiger partial charge in [-0.05, 0) is 23.9 Å². The van der Waals surface area contributed by atoms with E-state index in [1.54, 1.807) is 31.6 Å². The van der Waals surface area contributed by atoms with E-state index in [4.69, 9.17) is 9.47 Å². The van der Waals surface area contributed by atoms with Gasteiger partial charge in [0.05, 0.1) is 25.7 Å². The van der Waals surface area contributed by atoms with Crippen LogP contribution in [0.4, 0.5) is 5.82 Å². The average molecular weight is 423 g/mol. The Balaban J connectivity index is 1.68. The lowest BCUT2D eigenvalue weighted by Gasteiger charge is -2.34. The molecule has 0 saturated carbocycles.